The molecule has 1 aliphatic heterocycles. The second-order valence-electron chi connectivity index (χ2n) is 4.52. The van der Waals surface area contributed by atoms with Crippen LogP contribution >= 0.6 is 0 Å². The zero-order valence-electron chi connectivity index (χ0n) is 9.20. The maximum atomic E-state index is 9.02. The van der Waals surface area contributed by atoms with Gasteiger partial charge in [0.15, 0.2) is 0 Å². The molecule has 4 heteroatoms. The molecule has 0 bridgehead atoms. The third-order valence-electron chi connectivity index (χ3n) is 2.84. The van der Waals surface area contributed by atoms with Crippen LogP contribution in [-0.4, -0.2) is 54.5 Å². The van der Waals surface area contributed by atoms with Gasteiger partial charge in [-0.1, -0.05) is 0 Å². The van der Waals surface area contributed by atoms with E-state index in [0.29, 0.717) is 6.04 Å². The van der Waals surface area contributed by atoms with Gasteiger partial charge in [-0.2, -0.15) is 0 Å². The predicted octanol–water partition coefficient (Wildman–Crippen LogP) is -0.193. The summed E-state index contributed by atoms with van der Waals surface area (Å²) in [7, 11) is 0. The normalized spacial score (nSPS) is 28.7. The summed E-state index contributed by atoms with van der Waals surface area (Å²) in [6, 6.07) is 0.471. The molecular formula is C10H22N2O2. The van der Waals surface area contributed by atoms with Crippen LogP contribution in [0.1, 0.15) is 20.3 Å². The van der Waals surface area contributed by atoms with Gasteiger partial charge >= 0.3 is 0 Å². The molecule has 0 saturated carbocycles. The van der Waals surface area contributed by atoms with E-state index in [-0.39, 0.29) is 6.61 Å². The lowest BCUT2D eigenvalue weighted by molar-refractivity contribution is -0.00421. The summed E-state index contributed by atoms with van der Waals surface area (Å²) in [6.07, 6.45) is 0.827. The van der Waals surface area contributed by atoms with Crippen LogP contribution in [-0.2, 0) is 4.74 Å². The number of hydrogen-bond acceptors (Lipinski definition) is 4. The first-order valence-corrected chi connectivity index (χ1v) is 5.27. The van der Waals surface area contributed by atoms with E-state index in [9.17, 15) is 0 Å². The Morgan fingerprint density at radius 3 is 2.93 bits per heavy atom. The van der Waals surface area contributed by atoms with Gasteiger partial charge in [0.05, 0.1) is 19.8 Å². The third-order valence-corrected chi connectivity index (χ3v) is 2.84. The maximum Gasteiger partial charge on any atom is 0.0619 e. The Hall–Kier alpha value is -0.160. The zero-order chi connectivity index (χ0) is 10.6. The fraction of sp³-hybridized carbons (Fsp3) is 1.00. The first-order chi connectivity index (χ1) is 6.55. The molecule has 1 heterocycles. The van der Waals surface area contributed by atoms with Gasteiger partial charge in [0.2, 0.25) is 0 Å². The average Bonchev–Trinajstić information content (AvgIpc) is 2.17. The molecule has 14 heavy (non-hydrogen) atoms. The SMILES string of the molecule is CC1COCCN1CCC(C)(N)CO. The Morgan fingerprint density at radius 2 is 2.36 bits per heavy atom. The van der Waals surface area contributed by atoms with Crippen LogP contribution in [0.2, 0.25) is 0 Å². The van der Waals surface area contributed by atoms with Crippen LogP contribution in [0.5, 0.6) is 0 Å². The number of nitrogens with two attached hydrogens (primary N) is 1. The molecule has 1 fully saturated rings. The molecule has 0 amide bonds. The molecule has 0 aromatic rings. The van der Waals surface area contributed by atoms with Crippen LogP contribution in [0.4, 0.5) is 0 Å². The number of ether oxygens (including phenoxy) is 1. The van der Waals surface area contributed by atoms with E-state index in [1.54, 1.807) is 0 Å². The molecule has 84 valence electrons. The summed E-state index contributed by atoms with van der Waals surface area (Å²) in [4.78, 5) is 2.37. The fourth-order valence-electron chi connectivity index (χ4n) is 1.57. The number of hydrogen-bond donors (Lipinski definition) is 2. The fourth-order valence-corrected chi connectivity index (χ4v) is 1.57. The highest BCUT2D eigenvalue weighted by atomic mass is 16.5. The van der Waals surface area contributed by atoms with Crippen molar-refractivity contribution in [3.63, 3.8) is 0 Å². The van der Waals surface area contributed by atoms with Crippen molar-refractivity contribution in [3.8, 4) is 0 Å². The second-order valence-corrected chi connectivity index (χ2v) is 4.52. The third kappa shape index (κ3) is 3.53. The highest BCUT2D eigenvalue weighted by Crippen LogP contribution is 2.11. The quantitative estimate of drug-likeness (QED) is 0.663. The van der Waals surface area contributed by atoms with Crippen molar-refractivity contribution < 1.29 is 9.84 Å². The lowest BCUT2D eigenvalue weighted by Crippen LogP contribution is -2.48. The van der Waals surface area contributed by atoms with E-state index in [1.807, 2.05) is 6.92 Å². The molecule has 1 saturated heterocycles. The number of aliphatic hydroxyl groups is 1. The number of nitrogens with zero attached hydrogens (tertiary/aromatic N) is 1. The van der Waals surface area contributed by atoms with Crippen molar-refractivity contribution in [2.24, 2.45) is 5.73 Å². The van der Waals surface area contributed by atoms with Crippen molar-refractivity contribution >= 4 is 0 Å². The summed E-state index contributed by atoms with van der Waals surface area (Å²) in [5.74, 6) is 0. The van der Waals surface area contributed by atoms with Crippen LogP contribution < -0.4 is 5.73 Å². The van der Waals surface area contributed by atoms with Gasteiger partial charge in [0.1, 0.15) is 0 Å². The van der Waals surface area contributed by atoms with Gasteiger partial charge in [0, 0.05) is 24.7 Å². The predicted molar refractivity (Wildman–Crippen MR) is 56.1 cm³/mol. The lowest BCUT2D eigenvalue weighted by atomic mass is 10.00. The lowest BCUT2D eigenvalue weighted by Gasteiger charge is -2.35. The molecule has 0 aliphatic carbocycles. The van der Waals surface area contributed by atoms with Crippen LogP contribution in [0.25, 0.3) is 0 Å². The van der Waals surface area contributed by atoms with Gasteiger partial charge in [-0.25, -0.2) is 0 Å². The molecule has 2 atom stereocenters. The molecule has 0 spiro atoms. The summed E-state index contributed by atoms with van der Waals surface area (Å²) in [5, 5.41) is 9.02. The summed E-state index contributed by atoms with van der Waals surface area (Å²) >= 11 is 0. The molecule has 0 aromatic heterocycles. The molecule has 1 rings (SSSR count). The van der Waals surface area contributed by atoms with E-state index in [2.05, 4.69) is 11.8 Å². The molecule has 4 nitrogen and oxygen atoms in total. The van der Waals surface area contributed by atoms with E-state index in [0.717, 1.165) is 32.7 Å². The zero-order valence-corrected chi connectivity index (χ0v) is 9.20. The molecule has 3 N–H and O–H groups in total. The molecule has 2 unspecified atom stereocenters. The van der Waals surface area contributed by atoms with E-state index >= 15 is 0 Å². The Balaban J connectivity index is 2.29. The Bertz CT molecular complexity index is 174. The van der Waals surface area contributed by atoms with Crippen LogP contribution in [0.15, 0.2) is 0 Å². The first kappa shape index (κ1) is 11.9. The van der Waals surface area contributed by atoms with Crippen molar-refractivity contribution in [1.82, 2.24) is 4.90 Å². The number of rotatable bonds is 4. The maximum absolute atomic E-state index is 9.02. The highest BCUT2D eigenvalue weighted by molar-refractivity contribution is 4.81. The molecule has 0 aromatic carbocycles. The topological polar surface area (TPSA) is 58.7 Å². The standard InChI is InChI=1S/C10H22N2O2/c1-9-7-14-6-5-12(9)4-3-10(2,11)8-13/h9,13H,3-8,11H2,1-2H3. The monoisotopic (exact) mass is 202 g/mol. The van der Waals surface area contributed by atoms with Crippen molar-refractivity contribution in [1.29, 1.82) is 0 Å². The number of aliphatic hydroxyl groups excluding tert-OH is 1. The summed E-state index contributed by atoms with van der Waals surface area (Å²) in [6.45, 7) is 7.63. The molecule has 0 radical (unpaired) electrons. The van der Waals surface area contributed by atoms with E-state index in [4.69, 9.17) is 15.6 Å². The van der Waals surface area contributed by atoms with Crippen LogP contribution in [0, 0.1) is 0 Å². The average molecular weight is 202 g/mol. The smallest absolute Gasteiger partial charge is 0.0619 e. The minimum absolute atomic E-state index is 0.0473. The van der Waals surface area contributed by atoms with Crippen molar-refractivity contribution in [2.75, 3.05) is 32.9 Å². The van der Waals surface area contributed by atoms with Crippen molar-refractivity contribution in [2.45, 2.75) is 31.8 Å². The number of morpholine rings is 1. The molecule has 1 aliphatic rings. The van der Waals surface area contributed by atoms with E-state index < -0.39 is 5.54 Å². The van der Waals surface area contributed by atoms with Crippen molar-refractivity contribution in [3.05, 3.63) is 0 Å². The minimum Gasteiger partial charge on any atom is -0.394 e. The molecular weight excluding hydrogens is 180 g/mol. The van der Waals surface area contributed by atoms with E-state index in [1.165, 1.54) is 0 Å². The summed E-state index contributed by atoms with van der Waals surface area (Å²) in [5.41, 5.74) is 5.42. The van der Waals surface area contributed by atoms with Gasteiger partial charge < -0.3 is 15.6 Å². The largest absolute Gasteiger partial charge is 0.394 e. The van der Waals surface area contributed by atoms with Crippen LogP contribution in [0.3, 0.4) is 0 Å². The summed E-state index contributed by atoms with van der Waals surface area (Å²) < 4.78 is 5.35. The van der Waals surface area contributed by atoms with Gasteiger partial charge in [-0.05, 0) is 20.3 Å². The Labute approximate surface area is 86.0 Å². The Morgan fingerprint density at radius 1 is 1.64 bits per heavy atom. The highest BCUT2D eigenvalue weighted by Gasteiger charge is 2.22. The second kappa shape index (κ2) is 5.07. The van der Waals surface area contributed by atoms with Gasteiger partial charge in [0.25, 0.3) is 0 Å². The first-order valence-electron chi connectivity index (χ1n) is 5.27. The minimum atomic E-state index is -0.446. The van der Waals surface area contributed by atoms with Gasteiger partial charge in [-0.3, -0.25) is 4.90 Å². The van der Waals surface area contributed by atoms with Gasteiger partial charge in [-0.15, -0.1) is 0 Å². The Kier molecular flexibility index (Phi) is 4.31.